The highest BCUT2D eigenvalue weighted by Gasteiger charge is 2.28. The topological polar surface area (TPSA) is 49.5 Å². The van der Waals surface area contributed by atoms with E-state index in [0.717, 1.165) is 26.1 Å². The molecule has 0 spiro atoms. The standard InChI is InChI=1S/C10H19O5Si/c1-11-10(12-2,15-16)5-3-4-6-13-7-9-8-14-9/h9H,3-8H2,1-2H3. The summed E-state index contributed by atoms with van der Waals surface area (Å²) >= 11 is 0. The second kappa shape index (κ2) is 7.36. The van der Waals surface area contributed by atoms with E-state index in [2.05, 4.69) is 10.5 Å². The fourth-order valence-corrected chi connectivity index (χ4v) is 1.62. The van der Waals surface area contributed by atoms with Gasteiger partial charge in [0.1, 0.15) is 6.10 Å². The number of rotatable bonds is 10. The Morgan fingerprint density at radius 3 is 2.50 bits per heavy atom. The van der Waals surface area contributed by atoms with Crippen molar-refractivity contribution in [3.05, 3.63) is 0 Å². The van der Waals surface area contributed by atoms with Crippen LogP contribution in [0.1, 0.15) is 19.3 Å². The molecule has 1 heterocycles. The van der Waals surface area contributed by atoms with Crippen LogP contribution in [0.3, 0.4) is 0 Å². The molecule has 0 aromatic carbocycles. The first-order valence-electron chi connectivity index (χ1n) is 5.40. The van der Waals surface area contributed by atoms with Crippen molar-refractivity contribution in [2.24, 2.45) is 0 Å². The lowest BCUT2D eigenvalue weighted by Gasteiger charge is -2.28. The van der Waals surface area contributed by atoms with Gasteiger partial charge in [-0.25, -0.2) is 0 Å². The third-order valence-corrected chi connectivity index (χ3v) is 2.82. The lowest BCUT2D eigenvalue weighted by molar-refractivity contribution is -0.325. The van der Waals surface area contributed by atoms with Gasteiger partial charge in [0.15, 0.2) is 0 Å². The van der Waals surface area contributed by atoms with Crippen molar-refractivity contribution in [3.8, 4) is 0 Å². The molecule has 0 N–H and O–H groups in total. The normalized spacial score (nSPS) is 20.1. The van der Waals surface area contributed by atoms with E-state index >= 15 is 0 Å². The smallest absolute Gasteiger partial charge is 0.272 e. The van der Waals surface area contributed by atoms with E-state index in [1.54, 1.807) is 14.2 Å². The largest absolute Gasteiger partial charge is 0.379 e. The number of hydrogen-bond donors (Lipinski definition) is 0. The molecule has 1 unspecified atom stereocenters. The second-order valence-corrected chi connectivity index (χ2v) is 3.88. The number of ether oxygens (including phenoxy) is 4. The van der Waals surface area contributed by atoms with Crippen LogP contribution in [-0.4, -0.2) is 56.6 Å². The summed E-state index contributed by atoms with van der Waals surface area (Å²) in [6.07, 6.45) is 2.82. The van der Waals surface area contributed by atoms with Gasteiger partial charge in [0, 0.05) is 27.2 Å². The van der Waals surface area contributed by atoms with Crippen molar-refractivity contribution in [3.63, 3.8) is 0 Å². The predicted octanol–water partition coefficient (Wildman–Crippen LogP) is 0.619. The van der Waals surface area contributed by atoms with Crippen LogP contribution in [0.15, 0.2) is 0 Å². The summed E-state index contributed by atoms with van der Waals surface area (Å²) in [6, 6.07) is 0. The Kier molecular flexibility index (Phi) is 6.48. The third kappa shape index (κ3) is 4.90. The number of hydrogen-bond acceptors (Lipinski definition) is 5. The Hall–Kier alpha value is 0.0169. The van der Waals surface area contributed by atoms with Gasteiger partial charge in [-0.3, -0.25) is 0 Å². The van der Waals surface area contributed by atoms with E-state index in [1.807, 2.05) is 0 Å². The van der Waals surface area contributed by atoms with Gasteiger partial charge in [-0.05, 0) is 12.8 Å². The van der Waals surface area contributed by atoms with Crippen LogP contribution in [0.4, 0.5) is 0 Å². The number of epoxide rings is 1. The monoisotopic (exact) mass is 247 g/mol. The molecule has 6 heteroatoms. The molecule has 0 amide bonds. The number of methoxy groups -OCH3 is 2. The third-order valence-electron chi connectivity index (χ3n) is 2.51. The van der Waals surface area contributed by atoms with E-state index in [9.17, 15) is 0 Å². The van der Waals surface area contributed by atoms with Crippen LogP contribution in [0, 0.1) is 0 Å². The molecular formula is C10H19O5Si. The minimum absolute atomic E-state index is 0.336. The van der Waals surface area contributed by atoms with E-state index in [0.29, 0.717) is 19.1 Å². The summed E-state index contributed by atoms with van der Waals surface area (Å²) < 4.78 is 25.7. The van der Waals surface area contributed by atoms with E-state index in [1.165, 1.54) is 0 Å². The SMILES string of the molecule is COC(CCCCOCC1CO1)(OC)O[Si]. The van der Waals surface area contributed by atoms with Crippen molar-refractivity contribution < 1.29 is 23.4 Å². The lowest BCUT2D eigenvalue weighted by atomic mass is 10.2. The van der Waals surface area contributed by atoms with Crippen LogP contribution in [0.2, 0.25) is 0 Å². The molecule has 1 atom stereocenters. The van der Waals surface area contributed by atoms with Crippen LogP contribution >= 0.6 is 0 Å². The quantitative estimate of drug-likeness (QED) is 0.245. The molecule has 3 radical (unpaired) electrons. The summed E-state index contributed by atoms with van der Waals surface area (Å²) in [5.41, 5.74) is 0. The zero-order chi connectivity index (χ0) is 11.9. The maximum absolute atomic E-state index is 5.41. The van der Waals surface area contributed by atoms with E-state index in [-0.39, 0.29) is 0 Å². The summed E-state index contributed by atoms with van der Waals surface area (Å²) in [5, 5.41) is 0. The molecule has 1 aliphatic heterocycles. The first-order valence-corrected chi connectivity index (χ1v) is 5.81. The van der Waals surface area contributed by atoms with Crippen LogP contribution < -0.4 is 0 Å². The van der Waals surface area contributed by atoms with Gasteiger partial charge in [-0.1, -0.05) is 0 Å². The molecule has 1 fully saturated rings. The molecular weight excluding hydrogens is 228 g/mol. The molecule has 1 aliphatic rings. The predicted molar refractivity (Wildman–Crippen MR) is 58.0 cm³/mol. The molecule has 5 nitrogen and oxygen atoms in total. The van der Waals surface area contributed by atoms with Crippen molar-refractivity contribution in [2.75, 3.05) is 34.0 Å². The molecule has 16 heavy (non-hydrogen) atoms. The Morgan fingerprint density at radius 2 is 2.00 bits per heavy atom. The second-order valence-electron chi connectivity index (χ2n) is 3.68. The van der Waals surface area contributed by atoms with Gasteiger partial charge in [0.25, 0.3) is 16.5 Å². The van der Waals surface area contributed by atoms with Gasteiger partial charge in [0.05, 0.1) is 13.2 Å². The minimum atomic E-state index is -0.990. The lowest BCUT2D eigenvalue weighted by Crippen LogP contribution is -2.36. The van der Waals surface area contributed by atoms with Crippen LogP contribution in [0.5, 0.6) is 0 Å². The molecule has 93 valence electrons. The molecule has 1 rings (SSSR count). The zero-order valence-corrected chi connectivity index (χ0v) is 10.9. The highest BCUT2D eigenvalue weighted by molar-refractivity contribution is 5.98. The Balaban J connectivity index is 1.98. The van der Waals surface area contributed by atoms with Crippen LogP contribution in [-0.2, 0) is 23.4 Å². The van der Waals surface area contributed by atoms with E-state index < -0.39 is 5.97 Å². The molecule has 0 saturated carbocycles. The maximum Gasteiger partial charge on any atom is 0.272 e. The Labute approximate surface area is 99.9 Å². The highest BCUT2D eigenvalue weighted by Crippen LogP contribution is 2.19. The molecule has 1 saturated heterocycles. The van der Waals surface area contributed by atoms with Crippen LogP contribution in [0.25, 0.3) is 0 Å². The average Bonchev–Trinajstić information content (AvgIpc) is 3.13. The van der Waals surface area contributed by atoms with Crippen molar-refractivity contribution in [2.45, 2.75) is 31.3 Å². The summed E-state index contributed by atoms with van der Waals surface area (Å²) in [5.74, 6) is -0.990. The summed E-state index contributed by atoms with van der Waals surface area (Å²) in [7, 11) is 6.05. The zero-order valence-electron chi connectivity index (χ0n) is 9.86. The molecule has 0 aromatic rings. The maximum atomic E-state index is 5.41. The fraction of sp³-hybridized carbons (Fsp3) is 1.00. The van der Waals surface area contributed by atoms with Gasteiger partial charge in [-0.15, -0.1) is 0 Å². The number of unbranched alkanes of at least 4 members (excludes halogenated alkanes) is 1. The fourth-order valence-electron chi connectivity index (χ4n) is 1.35. The van der Waals surface area contributed by atoms with Gasteiger partial charge >= 0.3 is 0 Å². The van der Waals surface area contributed by atoms with Crippen molar-refractivity contribution in [1.82, 2.24) is 0 Å². The Bertz CT molecular complexity index is 174. The van der Waals surface area contributed by atoms with Gasteiger partial charge < -0.3 is 23.4 Å². The molecule has 0 aromatic heterocycles. The molecule has 0 aliphatic carbocycles. The van der Waals surface area contributed by atoms with Gasteiger partial charge in [-0.2, -0.15) is 0 Å². The highest BCUT2D eigenvalue weighted by atomic mass is 28.2. The first-order chi connectivity index (χ1) is 7.76. The summed E-state index contributed by atoms with van der Waals surface area (Å²) in [6.45, 7) is 2.27. The van der Waals surface area contributed by atoms with Gasteiger partial charge in [0.2, 0.25) is 0 Å². The minimum Gasteiger partial charge on any atom is -0.379 e. The van der Waals surface area contributed by atoms with E-state index in [4.69, 9.17) is 23.4 Å². The van der Waals surface area contributed by atoms with Crippen molar-refractivity contribution in [1.29, 1.82) is 0 Å². The molecule has 0 bridgehead atoms. The summed E-state index contributed by atoms with van der Waals surface area (Å²) in [4.78, 5) is 0. The Morgan fingerprint density at radius 1 is 1.31 bits per heavy atom. The first kappa shape index (κ1) is 14.1. The average molecular weight is 247 g/mol. The van der Waals surface area contributed by atoms with Crippen molar-refractivity contribution >= 4 is 10.5 Å².